The first-order valence-electron chi connectivity index (χ1n) is 7.83. The van der Waals surface area contributed by atoms with Crippen molar-refractivity contribution >= 4 is 16.8 Å². The third-order valence-electron chi connectivity index (χ3n) is 4.24. The van der Waals surface area contributed by atoms with Crippen molar-refractivity contribution in [3.8, 4) is 0 Å². The van der Waals surface area contributed by atoms with Crippen LogP contribution >= 0.6 is 0 Å². The molecule has 0 saturated heterocycles. The van der Waals surface area contributed by atoms with Gasteiger partial charge in [0.1, 0.15) is 12.1 Å². The fourth-order valence-corrected chi connectivity index (χ4v) is 2.97. The number of carbonyl (C=O) groups is 1. The average molecular weight is 300 g/mol. The summed E-state index contributed by atoms with van der Waals surface area (Å²) >= 11 is 0. The Bertz CT molecular complexity index is 719. The second-order valence-electron chi connectivity index (χ2n) is 5.88. The summed E-state index contributed by atoms with van der Waals surface area (Å²) in [5.41, 5.74) is 0.268. The van der Waals surface area contributed by atoms with Gasteiger partial charge in [-0.25, -0.2) is 4.68 Å². The molecule has 1 N–H and O–H groups in total. The van der Waals surface area contributed by atoms with Crippen molar-refractivity contribution in [1.82, 2.24) is 20.3 Å². The van der Waals surface area contributed by atoms with Gasteiger partial charge in [-0.05, 0) is 30.9 Å². The van der Waals surface area contributed by atoms with E-state index < -0.39 is 0 Å². The molecule has 3 rings (SSSR count). The molecule has 22 heavy (non-hydrogen) atoms. The van der Waals surface area contributed by atoms with Crippen LogP contribution in [0.5, 0.6) is 0 Å². The molecule has 0 atom stereocenters. The molecule has 1 aliphatic carbocycles. The molecule has 1 saturated carbocycles. The lowest BCUT2D eigenvalue weighted by atomic mass is 9.89. The summed E-state index contributed by atoms with van der Waals surface area (Å²) in [6.45, 7) is 0.609. The van der Waals surface area contributed by atoms with Crippen molar-refractivity contribution in [3.05, 3.63) is 34.6 Å². The van der Waals surface area contributed by atoms with Crippen LogP contribution in [0.15, 0.2) is 29.1 Å². The molecule has 0 bridgehead atoms. The zero-order chi connectivity index (χ0) is 15.4. The van der Waals surface area contributed by atoms with E-state index in [9.17, 15) is 9.59 Å². The molecule has 2 aromatic rings. The Balaban J connectivity index is 1.63. The molecule has 1 fully saturated rings. The zero-order valence-electron chi connectivity index (χ0n) is 12.5. The van der Waals surface area contributed by atoms with Crippen LogP contribution in [0.4, 0.5) is 0 Å². The first-order valence-corrected chi connectivity index (χ1v) is 7.83. The minimum absolute atomic E-state index is 0.0800. The largest absolute Gasteiger partial charge is 0.354 e. The maximum atomic E-state index is 12.3. The first-order chi connectivity index (χ1) is 10.7. The molecule has 0 aliphatic heterocycles. The summed E-state index contributed by atoms with van der Waals surface area (Å²) in [6.07, 6.45) is 6.14. The summed E-state index contributed by atoms with van der Waals surface area (Å²) in [5, 5.41) is 11.2. The van der Waals surface area contributed by atoms with Crippen molar-refractivity contribution in [2.75, 3.05) is 6.54 Å². The summed E-state index contributed by atoms with van der Waals surface area (Å²) in [6, 6.07) is 7.01. The SMILES string of the molecule is O=C(Cn1nnc2ccccc2c1=O)NCC1CCCCC1. The minimum Gasteiger partial charge on any atom is -0.354 e. The van der Waals surface area contributed by atoms with Crippen LogP contribution in [0.25, 0.3) is 10.9 Å². The molecule has 0 unspecified atom stereocenters. The Morgan fingerprint density at radius 1 is 1.23 bits per heavy atom. The van der Waals surface area contributed by atoms with E-state index in [-0.39, 0.29) is 18.0 Å². The highest BCUT2D eigenvalue weighted by atomic mass is 16.2. The summed E-state index contributed by atoms with van der Waals surface area (Å²) in [5.74, 6) is 0.384. The van der Waals surface area contributed by atoms with Crippen LogP contribution in [0, 0.1) is 5.92 Å². The number of nitrogens with zero attached hydrogens (tertiary/aromatic N) is 3. The topological polar surface area (TPSA) is 76.9 Å². The highest BCUT2D eigenvalue weighted by molar-refractivity contribution is 5.78. The van der Waals surface area contributed by atoms with Crippen molar-refractivity contribution < 1.29 is 4.79 Å². The lowest BCUT2D eigenvalue weighted by Crippen LogP contribution is -2.36. The van der Waals surface area contributed by atoms with E-state index in [4.69, 9.17) is 0 Å². The van der Waals surface area contributed by atoms with E-state index in [2.05, 4.69) is 15.6 Å². The van der Waals surface area contributed by atoms with Crippen molar-refractivity contribution in [1.29, 1.82) is 0 Å². The molecule has 116 valence electrons. The molecule has 1 aliphatic rings. The molecule has 0 radical (unpaired) electrons. The van der Waals surface area contributed by atoms with Gasteiger partial charge in [0.15, 0.2) is 0 Å². The Morgan fingerprint density at radius 3 is 2.82 bits per heavy atom. The highest BCUT2D eigenvalue weighted by Gasteiger charge is 2.15. The molecular weight excluding hydrogens is 280 g/mol. The predicted octanol–water partition coefficient (Wildman–Crippen LogP) is 1.49. The summed E-state index contributed by atoms with van der Waals surface area (Å²) in [4.78, 5) is 24.3. The highest BCUT2D eigenvalue weighted by Crippen LogP contribution is 2.22. The van der Waals surface area contributed by atoms with E-state index in [1.54, 1.807) is 24.3 Å². The third-order valence-corrected chi connectivity index (χ3v) is 4.24. The lowest BCUT2D eigenvalue weighted by Gasteiger charge is -2.21. The smallest absolute Gasteiger partial charge is 0.278 e. The Kier molecular flexibility index (Phi) is 4.46. The number of amides is 1. The number of carbonyl (C=O) groups excluding carboxylic acids is 1. The third kappa shape index (κ3) is 3.32. The van der Waals surface area contributed by atoms with Gasteiger partial charge in [-0.3, -0.25) is 9.59 Å². The summed E-state index contributed by atoms with van der Waals surface area (Å²) < 4.78 is 1.12. The molecule has 6 nitrogen and oxygen atoms in total. The van der Waals surface area contributed by atoms with Crippen molar-refractivity contribution in [2.45, 2.75) is 38.6 Å². The van der Waals surface area contributed by atoms with Crippen LogP contribution in [0.1, 0.15) is 32.1 Å². The van der Waals surface area contributed by atoms with E-state index in [1.807, 2.05) is 0 Å². The van der Waals surface area contributed by atoms with Gasteiger partial charge in [0.2, 0.25) is 5.91 Å². The number of benzene rings is 1. The van der Waals surface area contributed by atoms with Crippen LogP contribution in [-0.2, 0) is 11.3 Å². The molecule has 1 aromatic heterocycles. The van der Waals surface area contributed by atoms with Gasteiger partial charge in [-0.1, -0.05) is 36.6 Å². The molecule has 1 heterocycles. The van der Waals surface area contributed by atoms with Gasteiger partial charge in [0, 0.05) is 6.54 Å². The number of nitrogens with one attached hydrogen (secondary N) is 1. The standard InChI is InChI=1S/C16H20N4O2/c21-15(17-10-12-6-2-1-3-7-12)11-20-16(22)13-8-4-5-9-14(13)18-19-20/h4-5,8-9,12H,1-3,6-7,10-11H2,(H,17,21). The lowest BCUT2D eigenvalue weighted by molar-refractivity contribution is -0.122. The maximum Gasteiger partial charge on any atom is 0.278 e. The normalized spacial score (nSPS) is 15.8. The van der Waals surface area contributed by atoms with Gasteiger partial charge in [-0.15, -0.1) is 5.10 Å². The predicted molar refractivity (Wildman–Crippen MR) is 83.4 cm³/mol. The monoisotopic (exact) mass is 300 g/mol. The van der Waals surface area contributed by atoms with E-state index in [0.717, 1.165) is 4.68 Å². The molecule has 1 aromatic carbocycles. The fraction of sp³-hybridized carbons (Fsp3) is 0.500. The van der Waals surface area contributed by atoms with Crippen LogP contribution in [-0.4, -0.2) is 27.4 Å². The van der Waals surface area contributed by atoms with Crippen LogP contribution < -0.4 is 10.9 Å². The van der Waals surface area contributed by atoms with Gasteiger partial charge >= 0.3 is 0 Å². The number of aromatic nitrogens is 3. The zero-order valence-corrected chi connectivity index (χ0v) is 12.5. The fourth-order valence-electron chi connectivity index (χ4n) is 2.97. The van der Waals surface area contributed by atoms with E-state index in [0.29, 0.717) is 23.4 Å². The van der Waals surface area contributed by atoms with Crippen LogP contribution in [0.3, 0.4) is 0 Å². The maximum absolute atomic E-state index is 12.3. The number of hydrogen-bond donors (Lipinski definition) is 1. The van der Waals surface area contributed by atoms with Gasteiger partial charge in [0.05, 0.1) is 5.39 Å². The van der Waals surface area contributed by atoms with Crippen molar-refractivity contribution in [2.24, 2.45) is 5.92 Å². The summed E-state index contributed by atoms with van der Waals surface area (Å²) in [7, 11) is 0. The van der Waals surface area contributed by atoms with Crippen LogP contribution in [0.2, 0.25) is 0 Å². The Morgan fingerprint density at radius 2 is 2.00 bits per heavy atom. The second-order valence-corrected chi connectivity index (χ2v) is 5.88. The van der Waals surface area contributed by atoms with E-state index >= 15 is 0 Å². The van der Waals surface area contributed by atoms with Gasteiger partial charge in [0.25, 0.3) is 5.56 Å². The van der Waals surface area contributed by atoms with E-state index in [1.165, 1.54) is 32.1 Å². The molecule has 1 amide bonds. The Labute approximate surface area is 128 Å². The van der Waals surface area contributed by atoms with Gasteiger partial charge < -0.3 is 5.32 Å². The number of rotatable bonds is 4. The number of fused-ring (bicyclic) bond motifs is 1. The van der Waals surface area contributed by atoms with Gasteiger partial charge in [-0.2, -0.15) is 0 Å². The van der Waals surface area contributed by atoms with Crippen molar-refractivity contribution in [3.63, 3.8) is 0 Å². The second kappa shape index (κ2) is 6.68. The molecule has 0 spiro atoms. The number of hydrogen-bond acceptors (Lipinski definition) is 4. The minimum atomic E-state index is -0.279. The first kappa shape index (κ1) is 14.7. The average Bonchev–Trinajstić information content (AvgIpc) is 2.57. The molecular formula is C16H20N4O2. The quantitative estimate of drug-likeness (QED) is 0.928. The Hall–Kier alpha value is -2.24. The molecule has 6 heteroatoms.